The lowest BCUT2D eigenvalue weighted by Gasteiger charge is -2.07. The monoisotopic (exact) mass is 273 g/mol. The number of hydrogen-bond donors (Lipinski definition) is 2. The number of aromatic nitrogens is 4. The molecule has 0 aromatic carbocycles. The summed E-state index contributed by atoms with van der Waals surface area (Å²) < 4.78 is 10.9. The molecule has 104 valence electrons. The van der Waals surface area contributed by atoms with Gasteiger partial charge in [-0.05, 0) is 18.6 Å². The summed E-state index contributed by atoms with van der Waals surface area (Å²) in [6.45, 7) is 3.19. The van der Waals surface area contributed by atoms with Gasteiger partial charge in [0, 0.05) is 6.54 Å². The van der Waals surface area contributed by atoms with E-state index in [9.17, 15) is 0 Å². The third-order valence-electron chi connectivity index (χ3n) is 2.72. The first-order valence-corrected chi connectivity index (χ1v) is 6.47. The van der Waals surface area contributed by atoms with E-state index in [-0.39, 0.29) is 0 Å². The van der Waals surface area contributed by atoms with Crippen molar-refractivity contribution in [3.05, 3.63) is 30.5 Å². The van der Waals surface area contributed by atoms with Gasteiger partial charge in [-0.2, -0.15) is 9.97 Å². The molecule has 0 unspecified atom stereocenters. The maximum Gasteiger partial charge on any atom is 0.245 e. The van der Waals surface area contributed by atoms with Gasteiger partial charge in [0.25, 0.3) is 0 Å². The highest BCUT2D eigenvalue weighted by Crippen LogP contribution is 2.21. The Balaban J connectivity index is 1.85. The van der Waals surface area contributed by atoms with Gasteiger partial charge < -0.3 is 19.5 Å². The van der Waals surface area contributed by atoms with E-state index < -0.39 is 0 Å². The first-order chi connectivity index (χ1) is 9.86. The SMILES string of the molecule is CCCNc1nc(OCc2ccco2)c2[nH]cnc2n1. The Kier molecular flexibility index (Phi) is 3.49. The minimum atomic E-state index is 0.311. The normalized spacial score (nSPS) is 10.8. The zero-order valence-electron chi connectivity index (χ0n) is 11.1. The summed E-state index contributed by atoms with van der Waals surface area (Å²) in [5.74, 6) is 1.71. The summed E-state index contributed by atoms with van der Waals surface area (Å²) in [5, 5.41) is 3.13. The Bertz CT molecular complexity index is 677. The number of imidazole rings is 1. The fourth-order valence-electron chi connectivity index (χ4n) is 1.76. The van der Waals surface area contributed by atoms with E-state index in [4.69, 9.17) is 9.15 Å². The van der Waals surface area contributed by atoms with Gasteiger partial charge in [0.15, 0.2) is 5.65 Å². The van der Waals surface area contributed by atoms with Crippen LogP contribution in [0.1, 0.15) is 19.1 Å². The van der Waals surface area contributed by atoms with Crippen LogP contribution < -0.4 is 10.1 Å². The zero-order chi connectivity index (χ0) is 13.8. The van der Waals surface area contributed by atoms with Gasteiger partial charge >= 0.3 is 0 Å². The van der Waals surface area contributed by atoms with Gasteiger partial charge in [-0.15, -0.1) is 0 Å². The second-order valence-corrected chi connectivity index (χ2v) is 4.25. The van der Waals surface area contributed by atoms with E-state index in [0.717, 1.165) is 18.7 Å². The first-order valence-electron chi connectivity index (χ1n) is 6.47. The molecule has 0 fully saturated rings. The van der Waals surface area contributed by atoms with E-state index in [1.807, 2.05) is 12.1 Å². The quantitative estimate of drug-likeness (QED) is 0.716. The molecule has 0 spiro atoms. The molecule has 2 N–H and O–H groups in total. The molecule has 0 atom stereocenters. The van der Waals surface area contributed by atoms with Crippen LogP contribution in [0.4, 0.5) is 5.95 Å². The van der Waals surface area contributed by atoms with Gasteiger partial charge in [-0.25, -0.2) is 4.98 Å². The van der Waals surface area contributed by atoms with Crippen molar-refractivity contribution < 1.29 is 9.15 Å². The third-order valence-corrected chi connectivity index (χ3v) is 2.72. The molecule has 0 saturated carbocycles. The molecule has 3 heterocycles. The first kappa shape index (κ1) is 12.5. The lowest BCUT2D eigenvalue weighted by atomic mass is 10.4. The van der Waals surface area contributed by atoms with Gasteiger partial charge in [0.05, 0.1) is 12.6 Å². The standard InChI is InChI=1S/C13H15N5O2/c1-2-5-14-13-17-11-10(15-8-16-11)12(18-13)20-7-9-4-3-6-19-9/h3-4,6,8H,2,5,7H2,1H3,(H2,14,15,16,17,18). The number of hydrogen-bond acceptors (Lipinski definition) is 6. The van der Waals surface area contributed by atoms with E-state index in [0.29, 0.717) is 29.6 Å². The van der Waals surface area contributed by atoms with Crippen molar-refractivity contribution in [2.24, 2.45) is 0 Å². The molecule has 0 aliphatic carbocycles. The molecule has 3 aromatic rings. The van der Waals surface area contributed by atoms with Crippen LogP contribution >= 0.6 is 0 Å². The largest absolute Gasteiger partial charge is 0.468 e. The maximum atomic E-state index is 5.69. The average molecular weight is 273 g/mol. The lowest BCUT2D eigenvalue weighted by molar-refractivity contribution is 0.263. The Morgan fingerprint density at radius 2 is 2.35 bits per heavy atom. The van der Waals surface area contributed by atoms with E-state index in [1.54, 1.807) is 12.6 Å². The Morgan fingerprint density at radius 3 is 3.15 bits per heavy atom. The van der Waals surface area contributed by atoms with Crippen LogP contribution in [-0.4, -0.2) is 26.5 Å². The van der Waals surface area contributed by atoms with Crippen molar-refractivity contribution in [1.82, 2.24) is 19.9 Å². The molecule has 7 heteroatoms. The number of rotatable bonds is 6. The molecule has 0 aliphatic heterocycles. The van der Waals surface area contributed by atoms with Crippen LogP contribution in [0, 0.1) is 0 Å². The number of nitrogens with one attached hydrogen (secondary N) is 2. The highest BCUT2D eigenvalue weighted by atomic mass is 16.5. The Hall–Kier alpha value is -2.57. The van der Waals surface area contributed by atoms with Crippen LogP contribution in [0.2, 0.25) is 0 Å². The Labute approximate surface area is 115 Å². The second kappa shape index (κ2) is 5.60. The fourth-order valence-corrected chi connectivity index (χ4v) is 1.76. The molecule has 3 aromatic heterocycles. The van der Waals surface area contributed by atoms with Crippen LogP contribution in [0.25, 0.3) is 11.2 Å². The number of fused-ring (bicyclic) bond motifs is 1. The molecule has 0 amide bonds. The molecule has 3 rings (SSSR count). The van der Waals surface area contributed by atoms with Crippen LogP contribution in [-0.2, 0) is 6.61 Å². The smallest absolute Gasteiger partial charge is 0.245 e. The molecular formula is C13H15N5O2. The van der Waals surface area contributed by atoms with E-state index >= 15 is 0 Å². The van der Waals surface area contributed by atoms with Crippen molar-refractivity contribution in [2.45, 2.75) is 20.0 Å². The molecule has 7 nitrogen and oxygen atoms in total. The minimum Gasteiger partial charge on any atom is -0.468 e. The molecule has 0 radical (unpaired) electrons. The summed E-state index contributed by atoms with van der Waals surface area (Å²) in [4.78, 5) is 15.8. The predicted molar refractivity (Wildman–Crippen MR) is 73.5 cm³/mol. The van der Waals surface area contributed by atoms with Crippen molar-refractivity contribution in [1.29, 1.82) is 0 Å². The molecule has 0 saturated heterocycles. The number of H-pyrrole nitrogens is 1. The number of nitrogens with zero attached hydrogens (tertiary/aromatic N) is 3. The van der Waals surface area contributed by atoms with Crippen LogP contribution in [0.3, 0.4) is 0 Å². The van der Waals surface area contributed by atoms with Gasteiger partial charge in [-0.3, -0.25) is 0 Å². The van der Waals surface area contributed by atoms with Crippen molar-refractivity contribution in [2.75, 3.05) is 11.9 Å². The minimum absolute atomic E-state index is 0.311. The molecule has 0 aliphatic rings. The van der Waals surface area contributed by atoms with Gasteiger partial charge in [0.1, 0.15) is 17.9 Å². The predicted octanol–water partition coefficient (Wildman–Crippen LogP) is 2.35. The number of aromatic amines is 1. The molecule has 20 heavy (non-hydrogen) atoms. The molecule has 0 bridgehead atoms. The summed E-state index contributed by atoms with van der Waals surface area (Å²) >= 11 is 0. The third kappa shape index (κ3) is 2.56. The molecular weight excluding hydrogens is 258 g/mol. The summed E-state index contributed by atoms with van der Waals surface area (Å²) in [6, 6.07) is 3.67. The van der Waals surface area contributed by atoms with E-state index in [2.05, 4.69) is 32.2 Å². The number of furan rings is 1. The highest BCUT2D eigenvalue weighted by molar-refractivity contribution is 5.76. The van der Waals surface area contributed by atoms with Crippen LogP contribution in [0.15, 0.2) is 29.1 Å². The van der Waals surface area contributed by atoms with Gasteiger partial charge in [-0.1, -0.05) is 6.92 Å². The topological polar surface area (TPSA) is 88.9 Å². The van der Waals surface area contributed by atoms with Crippen LogP contribution in [0.5, 0.6) is 5.88 Å². The average Bonchev–Trinajstić information content (AvgIpc) is 3.13. The number of anilines is 1. The van der Waals surface area contributed by atoms with Gasteiger partial charge in [0.2, 0.25) is 11.8 Å². The van der Waals surface area contributed by atoms with Crippen molar-refractivity contribution in [3.63, 3.8) is 0 Å². The van der Waals surface area contributed by atoms with Crippen molar-refractivity contribution >= 4 is 17.1 Å². The lowest BCUT2D eigenvalue weighted by Crippen LogP contribution is -2.06. The fraction of sp³-hybridized carbons (Fsp3) is 0.308. The summed E-state index contributed by atoms with van der Waals surface area (Å²) in [5.41, 5.74) is 1.26. The number of ether oxygens (including phenoxy) is 1. The highest BCUT2D eigenvalue weighted by Gasteiger charge is 2.11. The summed E-state index contributed by atoms with van der Waals surface area (Å²) in [7, 11) is 0. The summed E-state index contributed by atoms with van der Waals surface area (Å²) in [6.07, 6.45) is 4.17. The van der Waals surface area contributed by atoms with E-state index in [1.165, 1.54) is 0 Å². The van der Waals surface area contributed by atoms with Crippen molar-refractivity contribution in [3.8, 4) is 5.88 Å². The Morgan fingerprint density at radius 1 is 1.40 bits per heavy atom. The maximum absolute atomic E-state index is 5.69. The second-order valence-electron chi connectivity index (χ2n) is 4.25. The zero-order valence-corrected chi connectivity index (χ0v) is 11.1.